The molecule has 0 spiro atoms. The van der Waals surface area contributed by atoms with Crippen LogP contribution in [0.2, 0.25) is 0 Å². The molecule has 0 unspecified atom stereocenters. The average Bonchev–Trinajstić information content (AvgIpc) is 2.65. The predicted octanol–water partition coefficient (Wildman–Crippen LogP) is 2.13. The molecule has 3 N–H and O–H groups in total. The van der Waals surface area contributed by atoms with Gasteiger partial charge in [0.2, 0.25) is 0 Å². The summed E-state index contributed by atoms with van der Waals surface area (Å²) < 4.78 is 54.4. The van der Waals surface area contributed by atoms with Crippen molar-refractivity contribution >= 4 is 38.3 Å². The van der Waals surface area contributed by atoms with Crippen LogP contribution in [0.1, 0.15) is 18.9 Å². The molecule has 0 radical (unpaired) electrons. The molecule has 2 aromatic carbocycles. The zero-order valence-corrected chi connectivity index (χ0v) is 19.5. The summed E-state index contributed by atoms with van der Waals surface area (Å²) >= 11 is 0. The van der Waals surface area contributed by atoms with Crippen molar-refractivity contribution in [3.8, 4) is 11.5 Å². The van der Waals surface area contributed by atoms with Crippen molar-refractivity contribution < 1.29 is 30.7 Å². The largest absolute Gasteiger partial charge is 0.379 e. The number of oxime groups is 1. The summed E-state index contributed by atoms with van der Waals surface area (Å²) in [6, 6.07) is 9.48. The molecular weight excluding hydrogens is 470 g/mol. The number of nitrogens with one attached hydrogen (secondary N) is 1. The fourth-order valence-electron chi connectivity index (χ4n) is 2.30. The molecule has 0 aliphatic heterocycles. The normalized spacial score (nSPS) is 12.0. The number of benzene rings is 2. The highest BCUT2D eigenvalue weighted by atomic mass is 35.5. The van der Waals surface area contributed by atoms with Gasteiger partial charge in [-0.2, -0.15) is 8.42 Å². The number of hydroxylamine groups is 1. The Morgan fingerprint density at radius 2 is 1.68 bits per heavy atom. The lowest BCUT2D eigenvalue weighted by Gasteiger charge is -2.11. The molecule has 0 atom stereocenters. The summed E-state index contributed by atoms with van der Waals surface area (Å²) in [5.41, 5.74) is 8.57. The summed E-state index contributed by atoms with van der Waals surface area (Å²) in [7, 11) is -8.22. The molecule has 13 heteroatoms. The lowest BCUT2D eigenvalue weighted by molar-refractivity contribution is 0.0824. The van der Waals surface area contributed by atoms with Gasteiger partial charge in [0.25, 0.3) is 5.96 Å². The van der Waals surface area contributed by atoms with E-state index in [-0.39, 0.29) is 34.8 Å². The second-order valence-electron chi connectivity index (χ2n) is 6.26. The standard InChI is InChI=1S/C18H23N3O7S2.ClH/c1-4-9-26-20-18(19)21-27-14-10-13(2)11-15(12-14)28-30(24,25)17-8-6-5-7-16(17)29(3,22)23;/h5-8,10-12H,4,9H2,1-3H3,(H3,19,20,21);1H. The zero-order chi connectivity index (χ0) is 22.4. The van der Waals surface area contributed by atoms with Crippen LogP contribution in [-0.4, -0.2) is 35.7 Å². The van der Waals surface area contributed by atoms with Crippen LogP contribution in [0.25, 0.3) is 0 Å². The molecular formula is C18H24ClN3O7S2. The first-order chi connectivity index (χ1) is 14.0. The molecule has 0 aliphatic carbocycles. The van der Waals surface area contributed by atoms with Gasteiger partial charge >= 0.3 is 10.1 Å². The molecule has 0 aliphatic rings. The molecule has 0 aromatic heterocycles. The SMILES string of the molecule is CCCONC(N)=NOc1cc(C)cc(OS(=O)(=O)c2ccccc2S(C)(=O)=O)c1.Cl. The van der Waals surface area contributed by atoms with E-state index in [4.69, 9.17) is 19.6 Å². The van der Waals surface area contributed by atoms with Crippen molar-refractivity contribution in [1.29, 1.82) is 0 Å². The number of hydrogen-bond donors (Lipinski definition) is 2. The van der Waals surface area contributed by atoms with Gasteiger partial charge in [0.05, 0.1) is 11.5 Å². The van der Waals surface area contributed by atoms with Crippen LogP contribution in [0, 0.1) is 6.92 Å². The van der Waals surface area contributed by atoms with Gasteiger partial charge in [0.15, 0.2) is 15.6 Å². The molecule has 0 heterocycles. The van der Waals surface area contributed by atoms with Crippen molar-refractivity contribution in [1.82, 2.24) is 5.48 Å². The van der Waals surface area contributed by atoms with Crippen LogP contribution < -0.4 is 20.2 Å². The Balaban J connectivity index is 0.00000480. The lowest BCUT2D eigenvalue weighted by atomic mass is 10.2. The Bertz CT molecular complexity index is 1140. The van der Waals surface area contributed by atoms with Crippen LogP contribution in [-0.2, 0) is 24.8 Å². The summed E-state index contributed by atoms with van der Waals surface area (Å²) in [5.74, 6) is -0.0729. The first-order valence-electron chi connectivity index (χ1n) is 8.76. The summed E-state index contributed by atoms with van der Waals surface area (Å²) in [6.07, 6.45) is 1.69. The molecule has 2 aromatic rings. The number of nitrogens with zero attached hydrogens (tertiary/aromatic N) is 1. The Kier molecular flexibility index (Phi) is 9.56. The minimum atomic E-state index is -4.43. The quantitative estimate of drug-likeness (QED) is 0.176. The van der Waals surface area contributed by atoms with Crippen LogP contribution in [0.5, 0.6) is 11.5 Å². The second-order valence-corrected chi connectivity index (χ2v) is 9.76. The van der Waals surface area contributed by atoms with Gasteiger partial charge < -0.3 is 14.8 Å². The van der Waals surface area contributed by atoms with E-state index in [1.54, 1.807) is 13.0 Å². The maximum absolute atomic E-state index is 12.7. The van der Waals surface area contributed by atoms with Crippen LogP contribution in [0.15, 0.2) is 57.4 Å². The first-order valence-corrected chi connectivity index (χ1v) is 12.1. The van der Waals surface area contributed by atoms with E-state index in [0.717, 1.165) is 18.7 Å². The Morgan fingerprint density at radius 3 is 2.29 bits per heavy atom. The monoisotopic (exact) mass is 493 g/mol. The van der Waals surface area contributed by atoms with Crippen LogP contribution in [0.3, 0.4) is 0 Å². The van der Waals surface area contributed by atoms with E-state index in [1.807, 2.05) is 6.92 Å². The molecule has 0 amide bonds. The fraction of sp³-hybridized carbons (Fsp3) is 0.278. The van der Waals surface area contributed by atoms with Gasteiger partial charge in [0, 0.05) is 12.3 Å². The molecule has 2 rings (SSSR count). The zero-order valence-electron chi connectivity index (χ0n) is 17.1. The van der Waals surface area contributed by atoms with E-state index < -0.39 is 24.9 Å². The molecule has 0 saturated heterocycles. The van der Waals surface area contributed by atoms with Crippen molar-refractivity contribution in [3.05, 3.63) is 48.0 Å². The fourth-order valence-corrected chi connectivity index (χ4v) is 4.82. The third kappa shape index (κ3) is 7.90. The third-order valence-electron chi connectivity index (χ3n) is 3.48. The third-order valence-corrected chi connectivity index (χ3v) is 6.07. The van der Waals surface area contributed by atoms with E-state index in [0.29, 0.717) is 12.2 Å². The van der Waals surface area contributed by atoms with Gasteiger partial charge in [-0.1, -0.05) is 19.1 Å². The molecule has 172 valence electrons. The van der Waals surface area contributed by atoms with Crippen LogP contribution >= 0.6 is 12.4 Å². The number of hydrogen-bond acceptors (Lipinski definition) is 8. The molecule has 31 heavy (non-hydrogen) atoms. The number of halogens is 1. The van der Waals surface area contributed by atoms with E-state index in [9.17, 15) is 16.8 Å². The molecule has 0 fully saturated rings. The van der Waals surface area contributed by atoms with Gasteiger partial charge in [-0.05, 0) is 48.3 Å². The highest BCUT2D eigenvalue weighted by Gasteiger charge is 2.25. The summed E-state index contributed by atoms with van der Waals surface area (Å²) in [4.78, 5) is 9.34. The maximum atomic E-state index is 12.7. The topological polar surface area (TPSA) is 146 Å². The number of aryl methyl sites for hydroxylation is 1. The average molecular weight is 494 g/mol. The van der Waals surface area contributed by atoms with E-state index >= 15 is 0 Å². The van der Waals surface area contributed by atoms with Crippen molar-refractivity contribution in [2.24, 2.45) is 10.9 Å². The molecule has 0 saturated carbocycles. The minimum absolute atomic E-state index is 0. The lowest BCUT2D eigenvalue weighted by Crippen LogP contribution is -2.32. The van der Waals surface area contributed by atoms with Gasteiger partial charge in [0.1, 0.15) is 10.6 Å². The smallest absolute Gasteiger partial charge is 0.340 e. The first kappa shape index (κ1) is 26.5. The highest BCUT2D eigenvalue weighted by Crippen LogP contribution is 2.28. The van der Waals surface area contributed by atoms with Crippen LogP contribution in [0.4, 0.5) is 0 Å². The Hall–Kier alpha value is -2.54. The number of sulfone groups is 1. The van der Waals surface area contributed by atoms with Gasteiger partial charge in [-0.15, -0.1) is 12.4 Å². The predicted molar refractivity (Wildman–Crippen MR) is 117 cm³/mol. The molecule has 10 nitrogen and oxygen atoms in total. The van der Waals surface area contributed by atoms with Gasteiger partial charge in [-0.3, -0.25) is 4.84 Å². The second kappa shape index (κ2) is 11.2. The maximum Gasteiger partial charge on any atom is 0.340 e. The summed E-state index contributed by atoms with van der Waals surface area (Å²) in [5, 5.41) is 3.62. The molecule has 0 bridgehead atoms. The number of rotatable bonds is 9. The number of guanidine groups is 1. The summed E-state index contributed by atoms with van der Waals surface area (Å²) in [6.45, 7) is 4.03. The van der Waals surface area contributed by atoms with Crippen molar-refractivity contribution in [2.75, 3.05) is 12.9 Å². The highest BCUT2D eigenvalue weighted by molar-refractivity contribution is 7.92. The number of nitrogens with two attached hydrogens (primary N) is 1. The van der Waals surface area contributed by atoms with Crippen molar-refractivity contribution in [2.45, 2.75) is 30.1 Å². The minimum Gasteiger partial charge on any atom is -0.379 e. The van der Waals surface area contributed by atoms with E-state index in [1.165, 1.54) is 30.3 Å². The Labute approximate surface area is 187 Å². The van der Waals surface area contributed by atoms with E-state index in [2.05, 4.69) is 10.6 Å². The van der Waals surface area contributed by atoms with Gasteiger partial charge in [-0.25, -0.2) is 13.9 Å². The Morgan fingerprint density at radius 1 is 1.06 bits per heavy atom. The van der Waals surface area contributed by atoms with Crippen molar-refractivity contribution in [3.63, 3.8) is 0 Å².